The van der Waals surface area contributed by atoms with E-state index in [-0.39, 0.29) is 11.8 Å². The number of aromatic nitrogens is 2. The highest BCUT2D eigenvalue weighted by Crippen LogP contribution is 2.24. The smallest absolute Gasteiger partial charge is 0.228 e. The number of para-hydroxylation sites is 3. The third kappa shape index (κ3) is 3.84. The lowest BCUT2D eigenvalue weighted by Crippen LogP contribution is -2.40. The fraction of sp³-hybridized carbons (Fsp3) is 0.333. The van der Waals surface area contributed by atoms with E-state index in [4.69, 9.17) is 16.6 Å². The van der Waals surface area contributed by atoms with Gasteiger partial charge in [-0.05, 0) is 43.7 Å². The fourth-order valence-electron chi connectivity index (χ4n) is 3.75. The molecule has 1 fully saturated rings. The van der Waals surface area contributed by atoms with Gasteiger partial charge in [0.1, 0.15) is 5.82 Å². The van der Waals surface area contributed by atoms with Gasteiger partial charge in [0.15, 0.2) is 0 Å². The predicted octanol–water partition coefficient (Wildman–Crippen LogP) is 4.08. The number of aryl methyl sites for hydroxylation is 1. The Morgan fingerprint density at radius 3 is 2.81 bits per heavy atom. The maximum Gasteiger partial charge on any atom is 0.228 e. The van der Waals surface area contributed by atoms with Crippen molar-refractivity contribution in [3.05, 3.63) is 59.4 Å². The second kappa shape index (κ2) is 7.71. The Morgan fingerprint density at radius 2 is 2.00 bits per heavy atom. The third-order valence-electron chi connectivity index (χ3n) is 5.25. The van der Waals surface area contributed by atoms with Crippen LogP contribution in [0.5, 0.6) is 0 Å². The van der Waals surface area contributed by atoms with Crippen molar-refractivity contribution >= 4 is 34.2 Å². The largest absolute Gasteiger partial charge is 0.330 e. The van der Waals surface area contributed by atoms with Crippen LogP contribution in [-0.4, -0.2) is 33.4 Å². The van der Waals surface area contributed by atoms with Gasteiger partial charge in [0.25, 0.3) is 0 Å². The summed E-state index contributed by atoms with van der Waals surface area (Å²) in [4.78, 5) is 19.8. The van der Waals surface area contributed by atoms with Gasteiger partial charge >= 0.3 is 0 Å². The summed E-state index contributed by atoms with van der Waals surface area (Å²) in [6.07, 6.45) is 1.90. The first-order valence-electron chi connectivity index (χ1n) is 9.30. The number of carbonyl (C=O) groups is 1. The van der Waals surface area contributed by atoms with Gasteiger partial charge in [0, 0.05) is 13.6 Å². The molecule has 27 heavy (non-hydrogen) atoms. The van der Waals surface area contributed by atoms with Crippen LogP contribution < -0.4 is 5.32 Å². The van der Waals surface area contributed by atoms with E-state index < -0.39 is 0 Å². The monoisotopic (exact) mass is 382 g/mol. The Balaban J connectivity index is 1.44. The second-order valence-electron chi connectivity index (χ2n) is 7.12. The molecular formula is C21H23ClN4O. The minimum atomic E-state index is -0.0373. The molecule has 140 valence electrons. The van der Waals surface area contributed by atoms with Crippen LogP contribution in [-0.2, 0) is 18.4 Å². The first kappa shape index (κ1) is 18.0. The first-order chi connectivity index (χ1) is 13.1. The van der Waals surface area contributed by atoms with Crippen molar-refractivity contribution in [2.24, 2.45) is 13.0 Å². The van der Waals surface area contributed by atoms with Crippen molar-refractivity contribution in [3.63, 3.8) is 0 Å². The summed E-state index contributed by atoms with van der Waals surface area (Å²) < 4.78 is 2.14. The molecule has 2 heterocycles. The first-order valence-corrected chi connectivity index (χ1v) is 9.67. The number of fused-ring (bicyclic) bond motifs is 1. The molecule has 0 unspecified atom stereocenters. The molecule has 1 amide bonds. The van der Waals surface area contributed by atoms with Crippen molar-refractivity contribution in [1.29, 1.82) is 0 Å². The molecule has 0 bridgehead atoms. The van der Waals surface area contributed by atoms with E-state index in [0.717, 1.165) is 49.3 Å². The highest BCUT2D eigenvalue weighted by Gasteiger charge is 2.27. The lowest BCUT2D eigenvalue weighted by molar-refractivity contribution is -0.121. The van der Waals surface area contributed by atoms with Gasteiger partial charge in [-0.3, -0.25) is 9.69 Å². The molecule has 0 radical (unpaired) electrons. The quantitative estimate of drug-likeness (QED) is 0.739. The van der Waals surface area contributed by atoms with Gasteiger partial charge in [-0.15, -0.1) is 0 Å². The molecule has 1 aliphatic rings. The summed E-state index contributed by atoms with van der Waals surface area (Å²) in [6.45, 7) is 2.47. The maximum absolute atomic E-state index is 12.7. The van der Waals surface area contributed by atoms with Crippen molar-refractivity contribution in [2.45, 2.75) is 19.4 Å². The van der Waals surface area contributed by atoms with E-state index in [1.807, 2.05) is 36.4 Å². The number of rotatable bonds is 4. The number of likely N-dealkylation sites (tertiary alicyclic amines) is 1. The van der Waals surface area contributed by atoms with Gasteiger partial charge in [-0.25, -0.2) is 4.98 Å². The predicted molar refractivity (Wildman–Crippen MR) is 109 cm³/mol. The number of halogens is 1. The van der Waals surface area contributed by atoms with Crippen molar-refractivity contribution in [1.82, 2.24) is 14.5 Å². The van der Waals surface area contributed by atoms with Crippen LogP contribution in [0.15, 0.2) is 48.5 Å². The number of hydrogen-bond donors (Lipinski definition) is 1. The number of benzene rings is 2. The van der Waals surface area contributed by atoms with E-state index in [9.17, 15) is 4.79 Å². The Bertz CT molecular complexity index is 968. The zero-order chi connectivity index (χ0) is 18.8. The molecular weight excluding hydrogens is 360 g/mol. The van der Waals surface area contributed by atoms with Crippen LogP contribution in [0.25, 0.3) is 11.0 Å². The molecule has 1 atom stereocenters. The van der Waals surface area contributed by atoms with Gasteiger partial charge in [-0.1, -0.05) is 35.9 Å². The average Bonchev–Trinajstić information content (AvgIpc) is 3.00. The van der Waals surface area contributed by atoms with Crippen molar-refractivity contribution < 1.29 is 4.79 Å². The summed E-state index contributed by atoms with van der Waals surface area (Å²) in [6, 6.07) is 15.5. The van der Waals surface area contributed by atoms with Crippen LogP contribution in [0, 0.1) is 5.92 Å². The number of amides is 1. The lowest BCUT2D eigenvalue weighted by Gasteiger charge is -2.31. The van der Waals surface area contributed by atoms with Gasteiger partial charge in [-0.2, -0.15) is 0 Å². The maximum atomic E-state index is 12.7. The molecule has 1 N–H and O–H groups in total. The number of nitrogens with one attached hydrogen (secondary N) is 1. The highest BCUT2D eigenvalue weighted by molar-refractivity contribution is 6.33. The molecule has 3 aromatic rings. The molecule has 1 saturated heterocycles. The molecule has 4 rings (SSSR count). The van der Waals surface area contributed by atoms with E-state index in [2.05, 4.69) is 27.9 Å². The number of anilines is 1. The Morgan fingerprint density at radius 1 is 1.22 bits per heavy atom. The fourth-order valence-corrected chi connectivity index (χ4v) is 3.93. The van der Waals surface area contributed by atoms with Crippen LogP contribution in [0.2, 0.25) is 5.02 Å². The molecule has 0 saturated carbocycles. The summed E-state index contributed by atoms with van der Waals surface area (Å²) in [5.41, 5.74) is 2.83. The highest BCUT2D eigenvalue weighted by atomic mass is 35.5. The standard InChI is InChI=1S/C21H23ClN4O/c1-25-19-11-5-4-10-18(19)23-20(25)14-26-12-6-7-15(13-26)21(27)24-17-9-3-2-8-16(17)22/h2-5,8-11,15H,6-7,12-14H2,1H3,(H,24,27)/t15-/m0/s1. The Labute approximate surface area is 163 Å². The van der Waals surface area contributed by atoms with Crippen LogP contribution in [0.3, 0.4) is 0 Å². The van der Waals surface area contributed by atoms with Gasteiger partial charge in [0.05, 0.1) is 34.2 Å². The third-order valence-corrected chi connectivity index (χ3v) is 5.58. The summed E-state index contributed by atoms with van der Waals surface area (Å²) in [5.74, 6) is 1.03. The summed E-state index contributed by atoms with van der Waals surface area (Å²) >= 11 is 6.16. The lowest BCUT2D eigenvalue weighted by atomic mass is 9.97. The number of carbonyl (C=O) groups excluding carboxylic acids is 1. The normalized spacial score (nSPS) is 17.9. The summed E-state index contributed by atoms with van der Waals surface area (Å²) in [5, 5.41) is 3.55. The number of hydrogen-bond acceptors (Lipinski definition) is 3. The number of piperidine rings is 1. The number of imidazole rings is 1. The van der Waals surface area contributed by atoms with E-state index >= 15 is 0 Å². The van der Waals surface area contributed by atoms with Crippen LogP contribution in [0.1, 0.15) is 18.7 Å². The summed E-state index contributed by atoms with van der Waals surface area (Å²) in [7, 11) is 2.05. The average molecular weight is 383 g/mol. The van der Waals surface area contributed by atoms with Gasteiger partial charge < -0.3 is 9.88 Å². The van der Waals surface area contributed by atoms with Crippen LogP contribution >= 0.6 is 11.6 Å². The van der Waals surface area contributed by atoms with E-state index in [0.29, 0.717) is 10.7 Å². The SMILES string of the molecule is Cn1c(CN2CCC[C@H](C(=O)Nc3ccccc3Cl)C2)nc2ccccc21. The second-order valence-corrected chi connectivity index (χ2v) is 7.53. The Kier molecular flexibility index (Phi) is 5.14. The zero-order valence-electron chi connectivity index (χ0n) is 15.4. The minimum absolute atomic E-state index is 0.0373. The Hall–Kier alpha value is -2.37. The molecule has 5 nitrogen and oxygen atoms in total. The molecule has 2 aromatic carbocycles. The molecule has 1 aromatic heterocycles. The van der Waals surface area contributed by atoms with Crippen molar-refractivity contribution in [2.75, 3.05) is 18.4 Å². The zero-order valence-corrected chi connectivity index (χ0v) is 16.1. The van der Waals surface area contributed by atoms with E-state index in [1.165, 1.54) is 0 Å². The number of nitrogens with zero attached hydrogens (tertiary/aromatic N) is 3. The van der Waals surface area contributed by atoms with Crippen LogP contribution in [0.4, 0.5) is 5.69 Å². The van der Waals surface area contributed by atoms with Gasteiger partial charge in [0.2, 0.25) is 5.91 Å². The minimum Gasteiger partial charge on any atom is -0.330 e. The van der Waals surface area contributed by atoms with Crippen molar-refractivity contribution in [3.8, 4) is 0 Å². The molecule has 0 spiro atoms. The van der Waals surface area contributed by atoms with E-state index in [1.54, 1.807) is 6.07 Å². The molecule has 0 aliphatic carbocycles. The molecule has 6 heteroatoms. The topological polar surface area (TPSA) is 50.2 Å². The molecule has 1 aliphatic heterocycles.